The average Bonchev–Trinajstić information content (AvgIpc) is 3.39. The smallest absolute Gasteiger partial charge is 0.252 e. The van der Waals surface area contributed by atoms with E-state index in [-0.39, 0.29) is 17.5 Å². The molecule has 0 saturated heterocycles. The van der Waals surface area contributed by atoms with Crippen LogP contribution in [-0.2, 0) is 16.2 Å². The lowest BCUT2D eigenvalue weighted by Gasteiger charge is -2.53. The molecule has 0 aromatic heterocycles. The normalized spacial score (nSPS) is 16.0. The second kappa shape index (κ2) is 14.5. The van der Waals surface area contributed by atoms with E-state index in [1.165, 1.54) is 38.1 Å². The Balaban J connectivity index is 1.16. The molecule has 5 heterocycles. The fourth-order valence-electron chi connectivity index (χ4n) is 13.0. The summed E-state index contributed by atoms with van der Waals surface area (Å²) in [7, 11) is -2.30. The summed E-state index contributed by atoms with van der Waals surface area (Å²) in [6.45, 7) is 18.2. The maximum atomic E-state index is 11.2. The minimum Gasteiger partial charge on any atom is -0.457 e. The molecule has 71 heavy (non-hydrogen) atoms. The molecule has 344 valence electrons. The molecule has 9 aromatic rings. The Morgan fingerprint density at radius 3 is 1.52 bits per heavy atom. The number of benzene rings is 9. The van der Waals surface area contributed by atoms with Crippen LogP contribution in [0.25, 0.3) is 0 Å². The van der Waals surface area contributed by atoms with Gasteiger partial charge < -0.3 is 19.4 Å². The summed E-state index contributed by atoms with van der Waals surface area (Å²) in [5, 5.41) is 2.70. The number of ether oxygens (including phenoxy) is 1. The number of hydrogen-bond donors (Lipinski definition) is 0. The Bertz CT molecular complexity index is 3730. The molecular weight excluding hydrogens is 878 g/mol. The minimum atomic E-state index is -2.30. The fraction of sp³-hybridized carbons (Fsp3) is 0.169. The summed E-state index contributed by atoms with van der Waals surface area (Å²) in [6.07, 6.45) is 0. The summed E-state index contributed by atoms with van der Waals surface area (Å²) >= 11 is 0. The number of rotatable bonds is 3. The van der Waals surface area contributed by atoms with E-state index in [9.17, 15) is 2.74 Å². The van der Waals surface area contributed by atoms with Crippen LogP contribution in [0.3, 0.4) is 0 Å². The molecule has 0 atom stereocenters. The van der Waals surface area contributed by atoms with E-state index in [0.29, 0.717) is 17.8 Å². The Labute approximate surface area is 422 Å². The lowest BCUT2D eigenvalue weighted by Crippen LogP contribution is -2.67. The molecule has 0 amide bonds. The van der Waals surface area contributed by atoms with E-state index in [1.54, 1.807) is 0 Å². The van der Waals surface area contributed by atoms with Crippen LogP contribution >= 0.6 is 0 Å². The predicted octanol–water partition coefficient (Wildman–Crippen LogP) is 13.8. The highest BCUT2D eigenvalue weighted by atomic mass is 28.3. The second-order valence-corrected chi connectivity index (χ2v) is 27.1. The molecule has 0 radical (unpaired) electrons. The van der Waals surface area contributed by atoms with E-state index in [4.69, 9.17) is 4.74 Å². The van der Waals surface area contributed by atoms with E-state index in [2.05, 4.69) is 251 Å². The molecular formula is C65H56BN3OSi. The zero-order chi connectivity index (χ0) is 50.1. The van der Waals surface area contributed by atoms with Crippen molar-refractivity contribution in [2.45, 2.75) is 70.9 Å². The van der Waals surface area contributed by atoms with Gasteiger partial charge in [-0.05, 0) is 120 Å². The van der Waals surface area contributed by atoms with Gasteiger partial charge in [0.05, 0.1) is 19.5 Å². The van der Waals surface area contributed by atoms with Gasteiger partial charge >= 0.3 is 0 Å². The second-order valence-electron chi connectivity index (χ2n) is 22.7. The molecule has 0 fully saturated rings. The molecule has 1 spiro atoms. The summed E-state index contributed by atoms with van der Waals surface area (Å²) in [5.41, 5.74) is 17.8. The molecule has 4 nitrogen and oxygen atoms in total. The zero-order valence-corrected chi connectivity index (χ0v) is 42.6. The van der Waals surface area contributed by atoms with Crippen LogP contribution in [0.2, 0.25) is 13.1 Å². The van der Waals surface area contributed by atoms with Crippen LogP contribution < -0.4 is 46.2 Å². The maximum Gasteiger partial charge on any atom is 0.252 e. The van der Waals surface area contributed by atoms with Crippen molar-refractivity contribution in [1.82, 2.24) is 0 Å². The molecule has 9 aromatic carbocycles. The number of anilines is 9. The van der Waals surface area contributed by atoms with Crippen molar-refractivity contribution in [1.29, 1.82) is 0 Å². The monoisotopic (exact) mass is 935 g/mol. The van der Waals surface area contributed by atoms with Gasteiger partial charge in [0.1, 0.15) is 19.6 Å². The molecule has 0 N–H and O–H groups in total. The van der Waals surface area contributed by atoms with Gasteiger partial charge in [-0.1, -0.05) is 188 Å². The van der Waals surface area contributed by atoms with Gasteiger partial charge in [0.2, 0.25) is 0 Å². The van der Waals surface area contributed by atoms with Crippen molar-refractivity contribution in [2.75, 3.05) is 14.7 Å². The summed E-state index contributed by atoms with van der Waals surface area (Å²) < 4.78 is 29.1. The van der Waals surface area contributed by atoms with Crippen LogP contribution in [0.1, 0.15) is 77.7 Å². The summed E-state index contributed by atoms with van der Waals surface area (Å²) in [6, 6.07) is 67.1. The van der Waals surface area contributed by atoms with Gasteiger partial charge in [0, 0.05) is 50.9 Å². The minimum absolute atomic E-state index is 0.0661. The van der Waals surface area contributed by atoms with E-state index >= 15 is 0 Å². The highest BCUT2D eigenvalue weighted by molar-refractivity contribution is 7.05. The van der Waals surface area contributed by atoms with Crippen molar-refractivity contribution < 1.29 is 7.48 Å². The van der Waals surface area contributed by atoms with Crippen molar-refractivity contribution in [3.05, 3.63) is 227 Å². The van der Waals surface area contributed by atoms with Crippen molar-refractivity contribution >= 4 is 92.7 Å². The van der Waals surface area contributed by atoms with Gasteiger partial charge in [0.25, 0.3) is 6.71 Å². The Hall–Kier alpha value is -7.54. The van der Waals surface area contributed by atoms with Crippen LogP contribution in [0.4, 0.5) is 51.2 Å². The van der Waals surface area contributed by atoms with Crippen LogP contribution in [0, 0.1) is 0 Å². The third-order valence-corrected chi connectivity index (χ3v) is 19.9. The third kappa shape index (κ3) is 5.68. The Morgan fingerprint density at radius 2 is 0.930 bits per heavy atom. The third-order valence-electron chi connectivity index (χ3n) is 16.4. The number of hydrogen-bond acceptors (Lipinski definition) is 4. The first-order valence-corrected chi connectivity index (χ1v) is 28.2. The van der Waals surface area contributed by atoms with E-state index in [0.717, 1.165) is 79.0 Å². The maximum absolute atomic E-state index is 11.2. The first kappa shape index (κ1) is 40.2. The average molecular weight is 936 g/mol. The van der Waals surface area contributed by atoms with Gasteiger partial charge in [-0.25, -0.2) is 0 Å². The van der Waals surface area contributed by atoms with Crippen LogP contribution in [0.5, 0.6) is 11.5 Å². The first-order valence-electron chi connectivity index (χ1n) is 26.2. The fourth-order valence-corrected chi connectivity index (χ4v) is 16.0. The van der Waals surface area contributed by atoms with E-state index in [1.807, 2.05) is 0 Å². The van der Waals surface area contributed by atoms with Gasteiger partial charge in [0.15, 0.2) is 0 Å². The Morgan fingerprint density at radius 1 is 0.465 bits per heavy atom. The number of nitrogens with zero attached hydrogens (tertiary/aromatic N) is 3. The topological polar surface area (TPSA) is 19.0 Å². The molecule has 0 bridgehead atoms. The van der Waals surface area contributed by atoms with E-state index < -0.39 is 13.5 Å². The van der Waals surface area contributed by atoms with Gasteiger partial charge in [-0.15, -0.1) is 0 Å². The quantitative estimate of drug-likeness (QED) is 0.164. The Kier molecular flexibility index (Phi) is 8.23. The predicted molar refractivity (Wildman–Crippen MR) is 301 cm³/mol. The van der Waals surface area contributed by atoms with Crippen molar-refractivity contribution in [3.63, 3.8) is 0 Å². The molecule has 0 aliphatic carbocycles. The SMILES string of the molecule is [2H]c1c(N(c2ccc(C(C)(C)C)cc2)c2ccc(C(C)(C)C)cc2)c([2H])c2c3c1N1c4ccccc4C4(c5ccccc5Oc5ccccc54)c4cccc(c41)B3c1cccc3c1N2c1ccccc1[Si]3(C)C. The van der Waals surface area contributed by atoms with Crippen molar-refractivity contribution in [3.8, 4) is 11.5 Å². The highest BCUT2D eigenvalue weighted by Crippen LogP contribution is 2.63. The number of fused-ring (bicyclic) bond motifs is 14. The highest BCUT2D eigenvalue weighted by Gasteiger charge is 2.56. The summed E-state index contributed by atoms with van der Waals surface area (Å²) in [5.74, 6) is 1.68. The molecule has 0 unspecified atom stereocenters. The summed E-state index contributed by atoms with van der Waals surface area (Å²) in [4.78, 5) is 7.08. The van der Waals surface area contributed by atoms with Crippen LogP contribution in [-0.4, -0.2) is 14.8 Å². The van der Waals surface area contributed by atoms with Crippen LogP contribution in [0.15, 0.2) is 194 Å². The molecule has 0 saturated carbocycles. The van der Waals surface area contributed by atoms with Crippen molar-refractivity contribution in [2.24, 2.45) is 0 Å². The largest absolute Gasteiger partial charge is 0.457 e. The zero-order valence-electron chi connectivity index (χ0n) is 43.6. The first-order chi connectivity index (χ1) is 35.1. The lowest BCUT2D eigenvalue weighted by atomic mass is 9.33. The molecule has 6 heteroatoms. The standard InChI is InChI=1S/C65H56BN3OSi/c1-63(2,3)41-31-35-43(36-32-41)67(44-37-33-42(34-38-44)64(4,5)6)45-39-54-60-55(40-45)69-53-26-13-16-29-58(53)71(7,8)59-30-18-24-51(62(59)69)66(60)50-23-17-22-49-61(50)68(54)52-25-12-9-19-46(52)65(49)47-20-10-14-27-56(47)70-57-28-15-11-21-48(57)65/h9-40H,1-8H3/i39D,40D. The molecule has 5 aliphatic rings. The van der Waals surface area contributed by atoms with Gasteiger partial charge in [-0.2, -0.15) is 0 Å². The lowest BCUT2D eigenvalue weighted by molar-refractivity contribution is 0.434. The molecule has 5 aliphatic heterocycles. The number of para-hydroxylation sites is 6. The molecule has 14 rings (SSSR count). The van der Waals surface area contributed by atoms with Gasteiger partial charge in [-0.3, -0.25) is 0 Å².